The third-order valence-electron chi connectivity index (χ3n) is 6.54. The van der Waals surface area contributed by atoms with Gasteiger partial charge in [0.05, 0.1) is 0 Å². The van der Waals surface area contributed by atoms with Crippen LogP contribution < -0.4 is 10.6 Å². The molecule has 0 unspecified atom stereocenters. The minimum absolute atomic E-state index is 0.0477. The number of hydrogen-bond donors (Lipinski definition) is 2. The first-order valence-corrected chi connectivity index (χ1v) is 11.7. The molecule has 0 aliphatic carbocycles. The van der Waals surface area contributed by atoms with Crippen molar-refractivity contribution in [1.82, 2.24) is 20.0 Å². The lowest BCUT2D eigenvalue weighted by Crippen LogP contribution is -2.44. The molecule has 0 spiro atoms. The van der Waals surface area contributed by atoms with Gasteiger partial charge < -0.3 is 25.3 Å². The Kier molecular flexibility index (Phi) is 8.72. The summed E-state index contributed by atoms with van der Waals surface area (Å²) in [6, 6.07) is 7.05. The lowest BCUT2D eigenvalue weighted by Gasteiger charge is -2.37. The number of likely N-dealkylation sites (N-methyl/N-ethyl adjacent to an activating group) is 1. The van der Waals surface area contributed by atoms with Gasteiger partial charge in [0.15, 0.2) is 0 Å². The van der Waals surface area contributed by atoms with Crippen LogP contribution in [0.2, 0.25) is 0 Å². The Balaban J connectivity index is 1.39. The molecular weight excluding hydrogens is 390 g/mol. The fourth-order valence-electron chi connectivity index (χ4n) is 4.33. The van der Waals surface area contributed by atoms with Crippen molar-refractivity contribution in [2.24, 2.45) is 11.8 Å². The van der Waals surface area contributed by atoms with E-state index in [-0.39, 0.29) is 11.9 Å². The first-order chi connectivity index (χ1) is 14.9. The average molecular weight is 430 g/mol. The van der Waals surface area contributed by atoms with Crippen LogP contribution in [0.1, 0.15) is 43.0 Å². The molecule has 31 heavy (non-hydrogen) atoms. The van der Waals surface area contributed by atoms with Gasteiger partial charge in [-0.25, -0.2) is 4.79 Å². The second-order valence-corrected chi connectivity index (χ2v) is 9.48. The summed E-state index contributed by atoms with van der Waals surface area (Å²) in [5.74, 6) is 1.47. The fraction of sp³-hybridized carbons (Fsp3) is 0.667. The fourth-order valence-corrected chi connectivity index (χ4v) is 4.33. The lowest BCUT2D eigenvalue weighted by atomic mass is 9.93. The monoisotopic (exact) mass is 429 g/mol. The van der Waals surface area contributed by atoms with Crippen molar-refractivity contribution in [2.45, 2.75) is 32.6 Å². The van der Waals surface area contributed by atoms with Gasteiger partial charge >= 0.3 is 6.03 Å². The van der Waals surface area contributed by atoms with Crippen LogP contribution in [0.5, 0.6) is 0 Å². The number of rotatable bonds is 7. The number of likely N-dealkylation sites (tertiary alicyclic amines) is 2. The summed E-state index contributed by atoms with van der Waals surface area (Å²) in [6.07, 6.45) is 4.78. The van der Waals surface area contributed by atoms with Crippen LogP contribution in [-0.2, 0) is 0 Å². The number of nitrogens with one attached hydrogen (secondary N) is 2. The molecule has 2 aliphatic heterocycles. The van der Waals surface area contributed by atoms with Crippen LogP contribution in [0, 0.1) is 11.8 Å². The molecule has 7 heteroatoms. The number of piperidine rings is 2. The summed E-state index contributed by atoms with van der Waals surface area (Å²) >= 11 is 0. The molecule has 2 aliphatic rings. The zero-order valence-electron chi connectivity index (χ0n) is 19.4. The third-order valence-corrected chi connectivity index (χ3v) is 6.54. The third kappa shape index (κ3) is 7.51. The number of amides is 3. The first-order valence-electron chi connectivity index (χ1n) is 11.7. The lowest BCUT2D eigenvalue weighted by molar-refractivity contribution is 0.0951. The molecule has 3 rings (SSSR count). The molecule has 0 bridgehead atoms. The van der Waals surface area contributed by atoms with Crippen LogP contribution >= 0.6 is 0 Å². The van der Waals surface area contributed by atoms with E-state index in [2.05, 4.69) is 22.5 Å². The number of benzene rings is 1. The zero-order valence-corrected chi connectivity index (χ0v) is 19.4. The smallest absolute Gasteiger partial charge is 0.321 e. The maximum Gasteiger partial charge on any atom is 0.321 e. The molecule has 0 saturated carbocycles. The molecular formula is C24H39N5O2. The van der Waals surface area contributed by atoms with Crippen LogP contribution in [0.15, 0.2) is 24.3 Å². The van der Waals surface area contributed by atoms with Crippen molar-refractivity contribution in [3.8, 4) is 0 Å². The maximum atomic E-state index is 12.6. The van der Waals surface area contributed by atoms with Gasteiger partial charge in [0, 0.05) is 44.0 Å². The second kappa shape index (κ2) is 11.5. The van der Waals surface area contributed by atoms with Gasteiger partial charge in [-0.1, -0.05) is 6.92 Å². The highest BCUT2D eigenvalue weighted by atomic mass is 16.2. The van der Waals surface area contributed by atoms with Crippen molar-refractivity contribution >= 4 is 17.6 Å². The van der Waals surface area contributed by atoms with Gasteiger partial charge in [-0.15, -0.1) is 0 Å². The van der Waals surface area contributed by atoms with Crippen LogP contribution in [0.4, 0.5) is 10.5 Å². The summed E-state index contributed by atoms with van der Waals surface area (Å²) < 4.78 is 0. The van der Waals surface area contributed by atoms with E-state index in [0.717, 1.165) is 44.1 Å². The van der Waals surface area contributed by atoms with Gasteiger partial charge in [-0.3, -0.25) is 4.79 Å². The Labute approximate surface area is 187 Å². The number of anilines is 1. The predicted molar refractivity (Wildman–Crippen MR) is 125 cm³/mol. The normalized spacial score (nSPS) is 18.9. The SMILES string of the molecule is CC1CCN(CC2CCN(C(=O)Nc3ccc(C(=O)NCCN(C)C)cc3)CC2)CC1. The van der Waals surface area contributed by atoms with Crippen molar-refractivity contribution in [2.75, 3.05) is 65.2 Å². The maximum absolute atomic E-state index is 12.6. The van der Waals surface area contributed by atoms with Gasteiger partial charge in [0.1, 0.15) is 0 Å². The van der Waals surface area contributed by atoms with E-state index in [9.17, 15) is 9.59 Å². The van der Waals surface area contributed by atoms with Gasteiger partial charge in [0.2, 0.25) is 0 Å². The second-order valence-electron chi connectivity index (χ2n) is 9.48. The van der Waals surface area contributed by atoms with Gasteiger partial charge in [-0.2, -0.15) is 0 Å². The molecule has 0 aromatic heterocycles. The van der Waals surface area contributed by atoms with Crippen LogP contribution in [-0.4, -0.2) is 86.5 Å². The summed E-state index contributed by atoms with van der Waals surface area (Å²) in [5, 5.41) is 5.87. The molecule has 7 nitrogen and oxygen atoms in total. The minimum atomic E-state index is -0.0926. The highest BCUT2D eigenvalue weighted by Crippen LogP contribution is 2.23. The number of carbonyl (C=O) groups is 2. The van der Waals surface area contributed by atoms with Gasteiger partial charge in [-0.05, 0) is 89.0 Å². The van der Waals surface area contributed by atoms with Crippen LogP contribution in [0.25, 0.3) is 0 Å². The molecule has 2 fully saturated rings. The molecule has 1 aromatic rings. The van der Waals surface area contributed by atoms with Gasteiger partial charge in [0.25, 0.3) is 5.91 Å². The number of nitrogens with zero attached hydrogens (tertiary/aromatic N) is 3. The quantitative estimate of drug-likeness (QED) is 0.699. The van der Waals surface area contributed by atoms with E-state index in [1.165, 1.54) is 32.5 Å². The van der Waals surface area contributed by atoms with Crippen molar-refractivity contribution < 1.29 is 9.59 Å². The first kappa shape index (κ1) is 23.5. The molecule has 2 saturated heterocycles. The molecule has 0 atom stereocenters. The zero-order chi connectivity index (χ0) is 22.2. The van der Waals surface area contributed by atoms with Crippen molar-refractivity contribution in [3.63, 3.8) is 0 Å². The van der Waals surface area contributed by atoms with E-state index < -0.39 is 0 Å². The minimum Gasteiger partial charge on any atom is -0.351 e. The van der Waals surface area contributed by atoms with E-state index in [1.54, 1.807) is 24.3 Å². The number of carbonyl (C=O) groups excluding carboxylic acids is 2. The summed E-state index contributed by atoms with van der Waals surface area (Å²) in [5.41, 5.74) is 1.32. The Bertz CT molecular complexity index is 705. The molecule has 172 valence electrons. The largest absolute Gasteiger partial charge is 0.351 e. The molecule has 2 N–H and O–H groups in total. The highest BCUT2D eigenvalue weighted by molar-refractivity contribution is 5.95. The summed E-state index contributed by atoms with van der Waals surface area (Å²) in [6.45, 7) is 9.02. The van der Waals surface area contributed by atoms with E-state index in [1.807, 2.05) is 23.9 Å². The molecule has 0 radical (unpaired) electrons. The number of urea groups is 1. The van der Waals surface area contributed by atoms with Crippen molar-refractivity contribution in [1.29, 1.82) is 0 Å². The highest BCUT2D eigenvalue weighted by Gasteiger charge is 2.25. The Hall–Kier alpha value is -2.12. The Morgan fingerprint density at radius 1 is 1.00 bits per heavy atom. The van der Waals surface area contributed by atoms with E-state index >= 15 is 0 Å². The van der Waals surface area contributed by atoms with Crippen LogP contribution in [0.3, 0.4) is 0 Å². The number of hydrogen-bond acceptors (Lipinski definition) is 4. The Morgan fingerprint density at radius 3 is 2.26 bits per heavy atom. The Morgan fingerprint density at radius 2 is 1.65 bits per heavy atom. The molecule has 3 amide bonds. The van der Waals surface area contributed by atoms with E-state index in [0.29, 0.717) is 18.0 Å². The topological polar surface area (TPSA) is 67.9 Å². The van der Waals surface area contributed by atoms with E-state index in [4.69, 9.17) is 0 Å². The summed E-state index contributed by atoms with van der Waals surface area (Å²) in [7, 11) is 3.95. The average Bonchev–Trinajstić information content (AvgIpc) is 2.76. The predicted octanol–water partition coefficient (Wildman–Crippen LogP) is 2.95. The molecule has 1 aromatic carbocycles. The molecule has 2 heterocycles. The standard InChI is InChI=1S/C24H39N5O2/c1-19-8-13-28(14-9-19)18-20-10-15-29(16-11-20)24(31)26-22-6-4-21(5-7-22)23(30)25-12-17-27(2)3/h4-7,19-20H,8-18H2,1-3H3,(H,25,30)(H,26,31). The summed E-state index contributed by atoms with van der Waals surface area (Å²) in [4.78, 5) is 31.4. The van der Waals surface area contributed by atoms with Crippen molar-refractivity contribution in [3.05, 3.63) is 29.8 Å².